The maximum atomic E-state index is 11.9. The fourth-order valence-electron chi connectivity index (χ4n) is 3.11. The van der Waals surface area contributed by atoms with Crippen LogP contribution in [0.4, 0.5) is 0 Å². The molecule has 1 saturated heterocycles. The Hall–Kier alpha value is -1.59. The molecule has 0 radical (unpaired) electrons. The highest BCUT2D eigenvalue weighted by Crippen LogP contribution is 2.23. The molecule has 5 nitrogen and oxygen atoms in total. The molecule has 108 valence electrons. The first-order valence-electron chi connectivity index (χ1n) is 7.14. The number of hydrogen-bond donors (Lipinski definition) is 1. The van der Waals surface area contributed by atoms with E-state index in [9.17, 15) is 9.90 Å². The van der Waals surface area contributed by atoms with Gasteiger partial charge in [0.1, 0.15) is 0 Å². The molecule has 1 aliphatic rings. The molecule has 0 aliphatic carbocycles. The van der Waals surface area contributed by atoms with Gasteiger partial charge < -0.3 is 9.52 Å². The number of likely N-dealkylation sites (tertiary alicyclic amines) is 1. The minimum atomic E-state index is -0.306. The summed E-state index contributed by atoms with van der Waals surface area (Å²) in [6.45, 7) is 4.69. The Kier molecular flexibility index (Phi) is 3.63. The van der Waals surface area contributed by atoms with Crippen molar-refractivity contribution in [3.8, 4) is 0 Å². The van der Waals surface area contributed by atoms with Gasteiger partial charge in [-0.25, -0.2) is 4.79 Å². The fraction of sp³-hybridized carbons (Fsp3) is 0.533. The van der Waals surface area contributed by atoms with E-state index in [2.05, 4.69) is 11.8 Å². The zero-order valence-corrected chi connectivity index (χ0v) is 11.7. The Morgan fingerprint density at radius 3 is 2.95 bits per heavy atom. The Morgan fingerprint density at radius 1 is 1.35 bits per heavy atom. The molecule has 1 aromatic carbocycles. The highest BCUT2D eigenvalue weighted by Gasteiger charge is 2.30. The van der Waals surface area contributed by atoms with Gasteiger partial charge in [0.2, 0.25) is 0 Å². The summed E-state index contributed by atoms with van der Waals surface area (Å²) in [5.74, 6) is 0.205. The first-order valence-corrected chi connectivity index (χ1v) is 7.14. The summed E-state index contributed by atoms with van der Waals surface area (Å²) < 4.78 is 6.90. The largest absolute Gasteiger partial charge is 0.419 e. The third kappa shape index (κ3) is 2.27. The van der Waals surface area contributed by atoms with Gasteiger partial charge >= 0.3 is 5.76 Å². The van der Waals surface area contributed by atoms with E-state index in [0.29, 0.717) is 18.0 Å². The van der Waals surface area contributed by atoms with Crippen LogP contribution in [0.1, 0.15) is 13.3 Å². The number of aliphatic hydroxyl groups excluding tert-OH is 1. The van der Waals surface area contributed by atoms with E-state index in [1.54, 1.807) is 4.57 Å². The molecule has 1 aliphatic heterocycles. The van der Waals surface area contributed by atoms with Gasteiger partial charge in [0, 0.05) is 19.1 Å². The van der Waals surface area contributed by atoms with Crippen molar-refractivity contribution in [3.63, 3.8) is 0 Å². The van der Waals surface area contributed by atoms with Gasteiger partial charge in [-0.2, -0.15) is 0 Å². The number of benzene rings is 1. The van der Waals surface area contributed by atoms with Gasteiger partial charge in [0.05, 0.1) is 12.1 Å². The topological polar surface area (TPSA) is 58.6 Å². The smallest absolute Gasteiger partial charge is 0.408 e. The lowest BCUT2D eigenvalue weighted by molar-refractivity contribution is 0.136. The zero-order chi connectivity index (χ0) is 14.1. The van der Waals surface area contributed by atoms with Gasteiger partial charge in [0.15, 0.2) is 5.58 Å². The number of oxazole rings is 1. The van der Waals surface area contributed by atoms with E-state index in [1.165, 1.54) is 0 Å². The summed E-state index contributed by atoms with van der Waals surface area (Å²) in [4.78, 5) is 14.2. The van der Waals surface area contributed by atoms with E-state index in [0.717, 1.165) is 25.0 Å². The van der Waals surface area contributed by atoms with Crippen molar-refractivity contribution in [1.82, 2.24) is 9.47 Å². The van der Waals surface area contributed by atoms with Crippen LogP contribution in [0.25, 0.3) is 11.1 Å². The molecule has 1 fully saturated rings. The van der Waals surface area contributed by atoms with E-state index in [-0.39, 0.29) is 18.4 Å². The highest BCUT2D eigenvalue weighted by molar-refractivity contribution is 5.72. The summed E-state index contributed by atoms with van der Waals surface area (Å²) in [7, 11) is 0. The van der Waals surface area contributed by atoms with Gasteiger partial charge in [-0.1, -0.05) is 19.1 Å². The van der Waals surface area contributed by atoms with Crippen LogP contribution in [0.2, 0.25) is 0 Å². The number of aromatic nitrogens is 1. The number of nitrogens with zero attached hydrogens (tertiary/aromatic N) is 2. The summed E-state index contributed by atoms with van der Waals surface area (Å²) >= 11 is 0. The summed E-state index contributed by atoms with van der Waals surface area (Å²) in [5.41, 5.74) is 1.47. The van der Waals surface area contributed by atoms with Crippen LogP contribution in [-0.4, -0.2) is 40.3 Å². The molecule has 1 N–H and O–H groups in total. The monoisotopic (exact) mass is 276 g/mol. The van der Waals surface area contributed by atoms with E-state index in [4.69, 9.17) is 4.42 Å². The number of fused-ring (bicyclic) bond motifs is 1. The zero-order valence-electron chi connectivity index (χ0n) is 11.7. The molecular weight excluding hydrogens is 256 g/mol. The molecule has 0 spiro atoms. The van der Waals surface area contributed by atoms with Gasteiger partial charge in [-0.05, 0) is 31.0 Å². The molecule has 2 atom stereocenters. The van der Waals surface area contributed by atoms with Crippen LogP contribution >= 0.6 is 0 Å². The molecule has 2 unspecified atom stereocenters. The quantitative estimate of drug-likeness (QED) is 0.914. The molecule has 2 aromatic rings. The van der Waals surface area contributed by atoms with Gasteiger partial charge in [-0.15, -0.1) is 0 Å². The van der Waals surface area contributed by atoms with Crippen molar-refractivity contribution < 1.29 is 9.52 Å². The summed E-state index contributed by atoms with van der Waals surface area (Å²) in [6.07, 6.45) is 1.10. The van der Waals surface area contributed by atoms with Crippen LogP contribution < -0.4 is 5.76 Å². The predicted octanol–water partition coefficient (Wildman–Crippen LogP) is 1.30. The third-order valence-corrected chi connectivity index (χ3v) is 4.37. The second-order valence-electron chi connectivity index (χ2n) is 5.54. The predicted molar refractivity (Wildman–Crippen MR) is 76.7 cm³/mol. The lowest BCUT2D eigenvalue weighted by Gasteiger charge is -2.24. The standard InChI is InChI=1S/C15H20N2O3/c1-11-6-7-16(13(11)10-18)8-9-17-12-4-2-3-5-14(12)20-15(17)19/h2-5,11,13,18H,6-10H2,1H3. The molecule has 3 rings (SSSR count). The second-order valence-corrected chi connectivity index (χ2v) is 5.54. The molecule has 0 saturated carbocycles. The van der Waals surface area contributed by atoms with E-state index < -0.39 is 0 Å². The normalized spacial score (nSPS) is 23.7. The maximum absolute atomic E-state index is 11.9. The number of hydrogen-bond acceptors (Lipinski definition) is 4. The van der Waals surface area contributed by atoms with Crippen molar-refractivity contribution in [2.45, 2.75) is 25.9 Å². The highest BCUT2D eigenvalue weighted by atomic mass is 16.4. The summed E-state index contributed by atoms with van der Waals surface area (Å²) in [5, 5.41) is 9.46. The van der Waals surface area contributed by atoms with E-state index in [1.807, 2.05) is 24.3 Å². The lowest BCUT2D eigenvalue weighted by Crippen LogP contribution is -2.38. The first kappa shape index (κ1) is 13.4. The molecule has 20 heavy (non-hydrogen) atoms. The minimum Gasteiger partial charge on any atom is -0.408 e. The Morgan fingerprint density at radius 2 is 2.15 bits per heavy atom. The molecule has 5 heteroatoms. The number of rotatable bonds is 4. The van der Waals surface area contributed by atoms with Crippen molar-refractivity contribution in [2.75, 3.05) is 19.7 Å². The molecule has 0 amide bonds. The minimum absolute atomic E-state index is 0.183. The average Bonchev–Trinajstić information content (AvgIpc) is 2.96. The van der Waals surface area contributed by atoms with Crippen LogP contribution in [0.15, 0.2) is 33.5 Å². The SMILES string of the molecule is CC1CCN(CCn2c(=O)oc3ccccc32)C1CO. The van der Waals surface area contributed by atoms with Crippen LogP contribution in [0, 0.1) is 5.92 Å². The second kappa shape index (κ2) is 5.42. The fourth-order valence-corrected chi connectivity index (χ4v) is 3.11. The van der Waals surface area contributed by atoms with E-state index >= 15 is 0 Å². The van der Waals surface area contributed by atoms with Crippen LogP contribution in [-0.2, 0) is 6.54 Å². The lowest BCUT2D eigenvalue weighted by atomic mass is 10.0. The number of aliphatic hydroxyl groups is 1. The molecule has 2 heterocycles. The Labute approximate surface area is 117 Å². The van der Waals surface area contributed by atoms with Crippen LogP contribution in [0.3, 0.4) is 0 Å². The average molecular weight is 276 g/mol. The van der Waals surface area contributed by atoms with Gasteiger partial charge in [0.25, 0.3) is 0 Å². The van der Waals surface area contributed by atoms with Crippen molar-refractivity contribution >= 4 is 11.1 Å². The molecular formula is C15H20N2O3. The van der Waals surface area contributed by atoms with Crippen molar-refractivity contribution in [3.05, 3.63) is 34.8 Å². The Bertz CT molecular complexity index is 646. The molecule has 1 aromatic heterocycles. The van der Waals surface area contributed by atoms with Crippen LogP contribution in [0.5, 0.6) is 0 Å². The maximum Gasteiger partial charge on any atom is 0.419 e. The van der Waals surface area contributed by atoms with Gasteiger partial charge in [-0.3, -0.25) is 9.47 Å². The molecule has 0 bridgehead atoms. The van der Waals surface area contributed by atoms with Crippen molar-refractivity contribution in [1.29, 1.82) is 0 Å². The number of para-hydroxylation sites is 2. The third-order valence-electron chi connectivity index (χ3n) is 4.37. The first-order chi connectivity index (χ1) is 9.70. The van der Waals surface area contributed by atoms with Crippen molar-refractivity contribution in [2.24, 2.45) is 5.92 Å². The summed E-state index contributed by atoms with van der Waals surface area (Å²) in [6, 6.07) is 7.68. The Balaban J connectivity index is 1.77.